The summed E-state index contributed by atoms with van der Waals surface area (Å²) in [6, 6.07) is 14.4. The van der Waals surface area contributed by atoms with Crippen LogP contribution in [0, 0.1) is 5.92 Å². The molecule has 0 atom stereocenters. The third kappa shape index (κ3) is 5.06. The lowest BCUT2D eigenvalue weighted by molar-refractivity contribution is 0.283. The van der Waals surface area contributed by atoms with Gasteiger partial charge in [-0.3, -0.25) is 14.0 Å². The minimum absolute atomic E-state index is 0.135. The van der Waals surface area contributed by atoms with Gasteiger partial charge < -0.3 is 4.90 Å². The Morgan fingerprint density at radius 2 is 1.52 bits per heavy atom. The smallest absolute Gasteiger partial charge is 0.329 e. The maximum absolute atomic E-state index is 13.3. The summed E-state index contributed by atoms with van der Waals surface area (Å²) in [5, 5.41) is 0. The number of anilines is 1. The highest BCUT2D eigenvalue weighted by molar-refractivity contribution is 5.76. The molecule has 1 aliphatic carbocycles. The van der Waals surface area contributed by atoms with Crippen molar-refractivity contribution in [3.8, 4) is 0 Å². The quantitative estimate of drug-likeness (QED) is 0.513. The minimum Gasteiger partial charge on any atom is -0.354 e. The third-order valence-electron chi connectivity index (χ3n) is 7.25. The number of para-hydroxylation sites is 2. The van der Waals surface area contributed by atoms with Crippen LogP contribution in [0.4, 0.5) is 5.82 Å². The van der Waals surface area contributed by atoms with Gasteiger partial charge >= 0.3 is 5.69 Å². The van der Waals surface area contributed by atoms with Gasteiger partial charge in [-0.1, -0.05) is 49.6 Å². The molecule has 0 radical (unpaired) electrons. The second kappa shape index (κ2) is 10.4. The molecule has 0 N–H and O–H groups in total. The number of aromatic nitrogens is 3. The average Bonchev–Trinajstić information content (AvgIpc) is 3.14. The van der Waals surface area contributed by atoms with Gasteiger partial charge in [0.2, 0.25) is 0 Å². The first kappa shape index (κ1) is 22.0. The Bertz CT molecular complexity index is 1120. The van der Waals surface area contributed by atoms with E-state index in [0.717, 1.165) is 56.1 Å². The highest BCUT2D eigenvalue weighted by Gasteiger charge is 2.19. The monoisotopic (exact) mass is 445 g/mol. The predicted octanol–water partition coefficient (Wildman–Crippen LogP) is 4.16. The minimum atomic E-state index is 0.135. The van der Waals surface area contributed by atoms with Crippen LogP contribution in [-0.2, 0) is 13.1 Å². The van der Waals surface area contributed by atoms with E-state index in [2.05, 4.69) is 45.1 Å². The van der Waals surface area contributed by atoms with Gasteiger partial charge in [0.15, 0.2) is 0 Å². The first-order chi connectivity index (χ1) is 16.3. The summed E-state index contributed by atoms with van der Waals surface area (Å²) in [4.78, 5) is 22.6. The van der Waals surface area contributed by atoms with Crippen LogP contribution >= 0.6 is 0 Å². The van der Waals surface area contributed by atoms with Crippen molar-refractivity contribution >= 4 is 16.9 Å². The average molecular weight is 446 g/mol. The van der Waals surface area contributed by atoms with E-state index in [1.807, 2.05) is 39.6 Å². The molecule has 1 aliphatic heterocycles. The van der Waals surface area contributed by atoms with Gasteiger partial charge in [0.05, 0.1) is 11.0 Å². The number of imidazole rings is 1. The van der Waals surface area contributed by atoms with E-state index in [4.69, 9.17) is 0 Å². The maximum atomic E-state index is 13.3. The number of rotatable bonds is 7. The van der Waals surface area contributed by atoms with Gasteiger partial charge in [-0.25, -0.2) is 9.78 Å². The van der Waals surface area contributed by atoms with Crippen LogP contribution in [0.25, 0.3) is 11.0 Å². The molecule has 1 saturated heterocycles. The third-order valence-corrected chi connectivity index (χ3v) is 7.25. The topological polar surface area (TPSA) is 46.3 Å². The zero-order chi connectivity index (χ0) is 22.5. The van der Waals surface area contributed by atoms with E-state index < -0.39 is 0 Å². The molecular weight excluding hydrogens is 410 g/mol. The van der Waals surface area contributed by atoms with Crippen molar-refractivity contribution in [2.75, 3.05) is 37.6 Å². The van der Waals surface area contributed by atoms with Gasteiger partial charge in [0.1, 0.15) is 5.82 Å². The number of hydrogen-bond donors (Lipinski definition) is 0. The van der Waals surface area contributed by atoms with Crippen LogP contribution in [0.3, 0.4) is 0 Å². The van der Waals surface area contributed by atoms with E-state index in [9.17, 15) is 4.79 Å². The number of pyridine rings is 1. The van der Waals surface area contributed by atoms with E-state index in [-0.39, 0.29) is 5.69 Å². The summed E-state index contributed by atoms with van der Waals surface area (Å²) in [6.45, 7) is 6.47. The van der Waals surface area contributed by atoms with Crippen molar-refractivity contribution in [2.45, 2.75) is 45.2 Å². The molecule has 0 unspecified atom stereocenters. The summed E-state index contributed by atoms with van der Waals surface area (Å²) in [5.74, 6) is 1.70. The number of allylic oxidation sites excluding steroid dienone is 1. The van der Waals surface area contributed by atoms with Crippen LogP contribution in [-0.4, -0.2) is 51.7 Å². The molecule has 1 aromatic carbocycles. The molecule has 174 valence electrons. The van der Waals surface area contributed by atoms with Crippen LogP contribution in [0.1, 0.15) is 32.1 Å². The molecule has 2 aliphatic rings. The summed E-state index contributed by atoms with van der Waals surface area (Å²) in [5.41, 5.74) is 2.26. The lowest BCUT2D eigenvalue weighted by Crippen LogP contribution is -2.46. The number of benzene rings is 1. The van der Waals surface area contributed by atoms with E-state index >= 15 is 0 Å². The van der Waals surface area contributed by atoms with Crippen molar-refractivity contribution in [1.29, 1.82) is 0 Å². The zero-order valence-electron chi connectivity index (χ0n) is 19.5. The molecule has 2 fully saturated rings. The maximum Gasteiger partial charge on any atom is 0.329 e. The molecule has 6 heteroatoms. The fourth-order valence-corrected chi connectivity index (χ4v) is 5.36. The molecule has 5 rings (SSSR count). The fourth-order valence-electron chi connectivity index (χ4n) is 5.36. The highest BCUT2D eigenvalue weighted by atomic mass is 16.1. The van der Waals surface area contributed by atoms with Gasteiger partial charge in [0, 0.05) is 52.0 Å². The van der Waals surface area contributed by atoms with Crippen LogP contribution < -0.4 is 10.6 Å². The highest BCUT2D eigenvalue weighted by Crippen LogP contribution is 2.26. The van der Waals surface area contributed by atoms with E-state index in [0.29, 0.717) is 12.5 Å². The summed E-state index contributed by atoms with van der Waals surface area (Å²) in [6.07, 6.45) is 12.7. The van der Waals surface area contributed by atoms with Gasteiger partial charge in [0.25, 0.3) is 0 Å². The van der Waals surface area contributed by atoms with Crippen molar-refractivity contribution < 1.29 is 0 Å². The molecule has 2 aromatic heterocycles. The number of nitrogens with zero attached hydrogens (tertiary/aromatic N) is 5. The van der Waals surface area contributed by atoms with Crippen molar-refractivity contribution in [3.05, 3.63) is 71.3 Å². The first-order valence-corrected chi connectivity index (χ1v) is 12.5. The Morgan fingerprint density at radius 1 is 0.818 bits per heavy atom. The summed E-state index contributed by atoms with van der Waals surface area (Å²) in [7, 11) is 0. The van der Waals surface area contributed by atoms with Gasteiger partial charge in [-0.2, -0.15) is 0 Å². The lowest BCUT2D eigenvalue weighted by Gasteiger charge is -2.34. The SMILES string of the molecule is O=c1n(C/C=C/CN2CCN(c3ccccn3)CC2)c2ccccc2n1CC1CCCCC1. The Kier molecular flexibility index (Phi) is 6.91. The molecule has 0 bridgehead atoms. The zero-order valence-corrected chi connectivity index (χ0v) is 19.5. The Morgan fingerprint density at radius 3 is 2.24 bits per heavy atom. The van der Waals surface area contributed by atoms with E-state index in [1.165, 1.54) is 32.1 Å². The van der Waals surface area contributed by atoms with Gasteiger partial charge in [-0.05, 0) is 43.0 Å². The number of fused-ring (bicyclic) bond motifs is 1. The van der Waals surface area contributed by atoms with Crippen molar-refractivity contribution in [1.82, 2.24) is 19.0 Å². The summed E-state index contributed by atoms with van der Waals surface area (Å²) < 4.78 is 3.96. The molecule has 1 saturated carbocycles. The Labute approximate surface area is 196 Å². The standard InChI is InChI=1S/C27H35N5O/c33-27-31(24-12-4-5-13-25(24)32(27)22-23-10-2-1-3-11-23)17-9-8-16-29-18-20-30(21-19-29)26-14-6-7-15-28-26/h4-9,12-15,23H,1-3,10-11,16-22H2/b9-8+. The normalized spacial score (nSPS) is 18.5. The fraction of sp³-hybridized carbons (Fsp3) is 0.481. The summed E-state index contributed by atoms with van der Waals surface area (Å²) >= 11 is 0. The number of piperazine rings is 1. The largest absolute Gasteiger partial charge is 0.354 e. The predicted molar refractivity (Wildman–Crippen MR) is 135 cm³/mol. The second-order valence-electron chi connectivity index (χ2n) is 9.44. The van der Waals surface area contributed by atoms with Crippen LogP contribution in [0.5, 0.6) is 0 Å². The molecule has 3 aromatic rings. The van der Waals surface area contributed by atoms with Crippen molar-refractivity contribution in [2.24, 2.45) is 5.92 Å². The molecule has 0 amide bonds. The van der Waals surface area contributed by atoms with Crippen LogP contribution in [0.2, 0.25) is 0 Å². The molecule has 6 nitrogen and oxygen atoms in total. The second-order valence-corrected chi connectivity index (χ2v) is 9.44. The number of hydrogen-bond acceptors (Lipinski definition) is 4. The van der Waals surface area contributed by atoms with E-state index in [1.54, 1.807) is 0 Å². The molecule has 33 heavy (non-hydrogen) atoms. The first-order valence-electron chi connectivity index (χ1n) is 12.5. The Balaban J connectivity index is 1.20. The molecule has 0 spiro atoms. The molecule has 3 heterocycles. The van der Waals surface area contributed by atoms with Crippen molar-refractivity contribution in [3.63, 3.8) is 0 Å². The Hall–Kier alpha value is -2.86. The van der Waals surface area contributed by atoms with Crippen LogP contribution in [0.15, 0.2) is 65.6 Å². The molecular formula is C27H35N5O. The van der Waals surface area contributed by atoms with Gasteiger partial charge in [-0.15, -0.1) is 0 Å². The lowest BCUT2D eigenvalue weighted by atomic mass is 9.89.